The molecule has 0 saturated carbocycles. The number of carbonyl (C=O) groups is 1. The van der Waals surface area contributed by atoms with Gasteiger partial charge in [-0.05, 0) is 56.0 Å². The molecule has 1 saturated heterocycles. The Kier molecular flexibility index (Phi) is 13.8. The zero-order valence-corrected chi connectivity index (χ0v) is 19.8. The first kappa shape index (κ1) is 32.1. The van der Waals surface area contributed by atoms with Crippen LogP contribution in [0.25, 0.3) is 0 Å². The fraction of sp³-hybridized carbons (Fsp3) is 0.333. The zero-order valence-electron chi connectivity index (χ0n) is 19.8. The van der Waals surface area contributed by atoms with Crippen LogP contribution in [-0.2, 0) is 20.4 Å². The van der Waals surface area contributed by atoms with Crippen molar-refractivity contribution in [3.63, 3.8) is 0 Å². The molecule has 1 aliphatic heterocycles. The molecule has 0 bridgehead atoms. The van der Waals surface area contributed by atoms with E-state index in [2.05, 4.69) is 11.0 Å². The number of ether oxygens (including phenoxy) is 1. The number of nitrogens with zero attached hydrogens (tertiary/aromatic N) is 2. The van der Waals surface area contributed by atoms with Gasteiger partial charge in [-0.2, -0.15) is 5.26 Å². The van der Waals surface area contributed by atoms with Crippen molar-refractivity contribution in [1.29, 1.82) is 5.26 Å². The number of esters is 1. The molecule has 1 aliphatic rings. The minimum atomic E-state index is -0.711. The predicted octanol–water partition coefficient (Wildman–Crippen LogP) is 4.19. The van der Waals surface area contributed by atoms with Gasteiger partial charge in [0.15, 0.2) is 0 Å². The maximum atomic E-state index is 13.1. The van der Waals surface area contributed by atoms with E-state index in [0.29, 0.717) is 25.9 Å². The summed E-state index contributed by atoms with van der Waals surface area (Å²) < 4.78 is 5.52. The van der Waals surface area contributed by atoms with Gasteiger partial charge in [0.25, 0.3) is 0 Å². The predicted molar refractivity (Wildman–Crippen MR) is 149 cm³/mol. The van der Waals surface area contributed by atoms with Crippen LogP contribution in [-0.4, -0.2) is 140 Å². The number of hydrogen-bond donors (Lipinski definition) is 0. The Morgan fingerprint density at radius 1 is 0.889 bits per heavy atom. The van der Waals surface area contributed by atoms with E-state index in [0.717, 1.165) is 36.3 Å². The van der Waals surface area contributed by atoms with Gasteiger partial charge in [0.2, 0.25) is 0 Å². The molecule has 0 aliphatic carbocycles. The molecule has 0 spiro atoms. The summed E-state index contributed by atoms with van der Waals surface area (Å²) >= 11 is 0. The molecule has 0 unspecified atom stereocenters. The molecule has 0 aromatic heterocycles. The van der Waals surface area contributed by atoms with Crippen LogP contribution in [0.3, 0.4) is 0 Å². The van der Waals surface area contributed by atoms with Crippen molar-refractivity contribution in [3.05, 3.63) is 108 Å². The Morgan fingerprint density at radius 3 is 1.81 bits per heavy atom. The zero-order chi connectivity index (χ0) is 23.9. The SMILES string of the molecule is CCOC(=O)C1(c2ccccc2)CCN(CCC(C#N)(c2ccccc2)c2ccccc2)CC1.[KH].[KH]. The number of nitriles is 1. The van der Waals surface area contributed by atoms with Gasteiger partial charge in [0.05, 0.1) is 18.1 Å². The van der Waals surface area contributed by atoms with Crippen molar-refractivity contribution in [2.45, 2.75) is 37.0 Å². The Balaban J connectivity index is 0.00000228. The second-order valence-electron chi connectivity index (χ2n) is 9.01. The molecule has 3 aromatic rings. The Morgan fingerprint density at radius 2 is 1.36 bits per heavy atom. The molecule has 0 N–H and O–H groups in total. The van der Waals surface area contributed by atoms with E-state index >= 15 is 0 Å². The number of hydrogen-bond acceptors (Lipinski definition) is 4. The Bertz CT molecular complexity index is 1070. The molecule has 0 radical (unpaired) electrons. The van der Waals surface area contributed by atoms with Crippen molar-refractivity contribution in [3.8, 4) is 6.07 Å². The van der Waals surface area contributed by atoms with Crippen LogP contribution in [0.2, 0.25) is 0 Å². The summed E-state index contributed by atoms with van der Waals surface area (Å²) in [6.07, 6.45) is 2.12. The molecule has 1 fully saturated rings. The van der Waals surface area contributed by atoms with Crippen LogP contribution in [0.1, 0.15) is 42.9 Å². The Labute approximate surface area is 300 Å². The summed E-state index contributed by atoms with van der Waals surface area (Å²) in [6.45, 7) is 4.61. The van der Waals surface area contributed by atoms with Gasteiger partial charge in [-0.1, -0.05) is 91.0 Å². The number of carbonyl (C=O) groups excluding carboxylic acids is 1. The standard InChI is InChI=1S/C30H32N2O2.2K.2H/c1-2-34-28(33)29(25-12-6-3-7-13-25)18-21-32(22-19-29)23-20-30(24-31,26-14-8-4-9-15-26)27-16-10-5-11-17-27;;;;/h3-17H,2,18-23H2,1H3;;;;. The fourth-order valence-corrected chi connectivity index (χ4v) is 5.21. The minimum absolute atomic E-state index is 0. The monoisotopic (exact) mass is 532 g/mol. The number of rotatable bonds is 8. The molecule has 6 heteroatoms. The van der Waals surface area contributed by atoms with Gasteiger partial charge in [-0.3, -0.25) is 4.79 Å². The van der Waals surface area contributed by atoms with Crippen LogP contribution >= 0.6 is 0 Å². The number of benzene rings is 3. The summed E-state index contributed by atoms with van der Waals surface area (Å²) in [6, 6.07) is 32.9. The van der Waals surface area contributed by atoms with Crippen molar-refractivity contribution >= 4 is 109 Å². The fourth-order valence-electron chi connectivity index (χ4n) is 5.21. The van der Waals surface area contributed by atoms with Gasteiger partial charge < -0.3 is 9.64 Å². The summed E-state index contributed by atoms with van der Waals surface area (Å²) in [5.74, 6) is -0.124. The number of piperidine rings is 1. The molecular formula is C30H34K2N2O2. The average Bonchev–Trinajstić information content (AvgIpc) is 2.91. The van der Waals surface area contributed by atoms with Gasteiger partial charge >= 0.3 is 109 Å². The van der Waals surface area contributed by atoms with Crippen LogP contribution in [0, 0.1) is 11.3 Å². The van der Waals surface area contributed by atoms with Gasteiger partial charge in [0, 0.05) is 6.54 Å². The molecular weight excluding hydrogens is 499 g/mol. The van der Waals surface area contributed by atoms with Gasteiger partial charge in [-0.15, -0.1) is 0 Å². The molecule has 0 atom stereocenters. The second kappa shape index (κ2) is 15.4. The molecule has 4 rings (SSSR count). The van der Waals surface area contributed by atoms with Crippen molar-refractivity contribution in [2.75, 3.05) is 26.2 Å². The maximum absolute atomic E-state index is 13.1. The summed E-state index contributed by atoms with van der Waals surface area (Å²) in [7, 11) is 0. The third-order valence-corrected chi connectivity index (χ3v) is 7.23. The molecule has 3 aromatic carbocycles. The topological polar surface area (TPSA) is 53.3 Å². The second-order valence-corrected chi connectivity index (χ2v) is 9.01. The van der Waals surface area contributed by atoms with Crippen molar-refractivity contribution in [1.82, 2.24) is 4.90 Å². The van der Waals surface area contributed by atoms with Crippen LogP contribution in [0.4, 0.5) is 0 Å². The van der Waals surface area contributed by atoms with Crippen LogP contribution in [0.15, 0.2) is 91.0 Å². The first-order valence-electron chi connectivity index (χ1n) is 12.1. The average molecular weight is 533 g/mol. The molecule has 36 heavy (non-hydrogen) atoms. The van der Waals surface area contributed by atoms with Crippen molar-refractivity contribution in [2.24, 2.45) is 0 Å². The quantitative estimate of drug-likeness (QED) is 0.323. The number of likely N-dealkylation sites (tertiary alicyclic amines) is 1. The third-order valence-electron chi connectivity index (χ3n) is 7.23. The van der Waals surface area contributed by atoms with E-state index < -0.39 is 10.8 Å². The molecule has 4 nitrogen and oxygen atoms in total. The molecule has 178 valence electrons. The first-order valence-corrected chi connectivity index (χ1v) is 12.1. The summed E-state index contributed by atoms with van der Waals surface area (Å²) in [5.41, 5.74) is 1.76. The van der Waals surface area contributed by atoms with E-state index in [9.17, 15) is 10.1 Å². The Hall–Kier alpha value is -0.147. The van der Waals surface area contributed by atoms with E-state index in [1.807, 2.05) is 97.9 Å². The first-order chi connectivity index (χ1) is 16.6. The van der Waals surface area contributed by atoms with Crippen LogP contribution in [0.5, 0.6) is 0 Å². The van der Waals surface area contributed by atoms with Crippen molar-refractivity contribution < 1.29 is 9.53 Å². The van der Waals surface area contributed by atoms with E-state index in [1.165, 1.54) is 0 Å². The normalized spacial score (nSPS) is 15.0. The van der Waals surface area contributed by atoms with E-state index in [4.69, 9.17) is 4.74 Å². The van der Waals surface area contributed by atoms with E-state index in [1.54, 1.807) is 0 Å². The molecule has 0 amide bonds. The van der Waals surface area contributed by atoms with Gasteiger partial charge in [-0.25, -0.2) is 0 Å². The summed E-state index contributed by atoms with van der Waals surface area (Å²) in [4.78, 5) is 15.5. The summed E-state index contributed by atoms with van der Waals surface area (Å²) in [5, 5.41) is 10.4. The van der Waals surface area contributed by atoms with Crippen LogP contribution < -0.4 is 0 Å². The van der Waals surface area contributed by atoms with E-state index in [-0.39, 0.29) is 109 Å². The molecule has 1 heterocycles. The third kappa shape index (κ3) is 7.08. The van der Waals surface area contributed by atoms with Gasteiger partial charge in [0.1, 0.15) is 5.41 Å².